The molecule has 7 nitrogen and oxygen atoms in total. The van der Waals surface area contributed by atoms with Gasteiger partial charge in [0.2, 0.25) is 5.91 Å². The topological polar surface area (TPSA) is 90.5 Å². The van der Waals surface area contributed by atoms with Gasteiger partial charge in [0.25, 0.3) is 11.8 Å². The Morgan fingerprint density at radius 3 is 2.22 bits per heavy atom. The molecule has 0 saturated carbocycles. The first-order valence-electron chi connectivity index (χ1n) is 11.3. The van der Waals surface area contributed by atoms with Gasteiger partial charge in [0, 0.05) is 41.6 Å². The van der Waals surface area contributed by atoms with Crippen LogP contribution >= 0.6 is 0 Å². The second-order valence-electron chi connectivity index (χ2n) is 8.39. The number of amides is 3. The first-order valence-corrected chi connectivity index (χ1v) is 11.3. The van der Waals surface area contributed by atoms with Gasteiger partial charge in [-0.2, -0.15) is 0 Å². The van der Waals surface area contributed by atoms with E-state index in [0.717, 1.165) is 31.6 Å². The Morgan fingerprint density at radius 1 is 0.875 bits per heavy atom. The molecule has 0 bridgehead atoms. The lowest BCUT2D eigenvalue weighted by atomic mass is 10.1. The first-order chi connectivity index (χ1) is 15.4. The summed E-state index contributed by atoms with van der Waals surface area (Å²) in [6.07, 6.45) is 4.45. The zero-order chi connectivity index (χ0) is 22.9. The van der Waals surface area contributed by atoms with Crippen molar-refractivity contribution in [2.75, 3.05) is 30.3 Å². The highest BCUT2D eigenvalue weighted by Gasteiger charge is 2.17. The maximum atomic E-state index is 12.8. The summed E-state index contributed by atoms with van der Waals surface area (Å²) in [5, 5.41) is 8.72. The molecule has 2 aromatic carbocycles. The fourth-order valence-electron chi connectivity index (χ4n) is 3.66. The Hall–Kier alpha value is -3.35. The molecule has 0 spiro atoms. The molecule has 1 fully saturated rings. The fourth-order valence-corrected chi connectivity index (χ4v) is 3.66. The maximum absolute atomic E-state index is 12.8. The van der Waals surface area contributed by atoms with E-state index in [4.69, 9.17) is 0 Å². The van der Waals surface area contributed by atoms with Crippen LogP contribution in [0.15, 0.2) is 48.5 Å². The molecule has 2 aromatic rings. The van der Waals surface area contributed by atoms with Crippen molar-refractivity contribution in [3.05, 3.63) is 59.7 Å². The Balaban J connectivity index is 1.52. The van der Waals surface area contributed by atoms with Gasteiger partial charge in [-0.25, -0.2) is 0 Å². The molecule has 3 N–H and O–H groups in total. The van der Waals surface area contributed by atoms with Crippen molar-refractivity contribution in [3.63, 3.8) is 0 Å². The molecule has 32 heavy (non-hydrogen) atoms. The summed E-state index contributed by atoms with van der Waals surface area (Å²) in [5.74, 6) is -0.315. The Kier molecular flexibility index (Phi) is 8.25. The molecule has 7 heteroatoms. The lowest BCUT2D eigenvalue weighted by molar-refractivity contribution is -0.114. The molecule has 0 radical (unpaired) electrons. The Bertz CT molecular complexity index is 932. The van der Waals surface area contributed by atoms with Gasteiger partial charge in [0.15, 0.2) is 0 Å². The molecule has 0 unspecified atom stereocenters. The largest absolute Gasteiger partial charge is 0.376 e. The number of nitrogens with zero attached hydrogens (tertiary/aromatic N) is 1. The Labute approximate surface area is 189 Å². The summed E-state index contributed by atoms with van der Waals surface area (Å²) < 4.78 is 0. The average Bonchev–Trinajstić information content (AvgIpc) is 3.07. The monoisotopic (exact) mass is 436 g/mol. The van der Waals surface area contributed by atoms with E-state index in [0.29, 0.717) is 16.8 Å². The van der Waals surface area contributed by atoms with Crippen LogP contribution in [0.4, 0.5) is 11.4 Å². The van der Waals surface area contributed by atoms with Crippen molar-refractivity contribution in [1.82, 2.24) is 10.2 Å². The first kappa shape index (κ1) is 23.3. The van der Waals surface area contributed by atoms with Crippen LogP contribution in [0.2, 0.25) is 0 Å². The molecule has 0 atom stereocenters. The Morgan fingerprint density at radius 2 is 1.56 bits per heavy atom. The molecule has 170 valence electrons. The van der Waals surface area contributed by atoms with Gasteiger partial charge >= 0.3 is 0 Å². The lowest BCUT2D eigenvalue weighted by Gasteiger charge is -2.20. The van der Waals surface area contributed by atoms with Crippen LogP contribution in [0.1, 0.15) is 60.2 Å². The summed E-state index contributed by atoms with van der Waals surface area (Å²) in [6, 6.07) is 14.1. The zero-order valence-electron chi connectivity index (χ0n) is 18.8. The average molecular weight is 437 g/mol. The molecule has 3 rings (SSSR count). The van der Waals surface area contributed by atoms with Crippen molar-refractivity contribution < 1.29 is 14.4 Å². The number of carbonyl (C=O) groups is 3. The predicted molar refractivity (Wildman–Crippen MR) is 127 cm³/mol. The quantitative estimate of drug-likeness (QED) is 0.614. The molecule has 1 aliphatic heterocycles. The van der Waals surface area contributed by atoms with Gasteiger partial charge in [-0.3, -0.25) is 14.4 Å². The van der Waals surface area contributed by atoms with E-state index >= 15 is 0 Å². The van der Waals surface area contributed by atoms with Crippen LogP contribution in [0.25, 0.3) is 0 Å². The number of hydrogen-bond acceptors (Lipinski definition) is 4. The minimum atomic E-state index is -0.214. The number of carbonyl (C=O) groups excluding carboxylic acids is 3. The van der Waals surface area contributed by atoms with Gasteiger partial charge in [-0.05, 0) is 69.2 Å². The van der Waals surface area contributed by atoms with E-state index in [1.807, 2.05) is 36.9 Å². The molecule has 1 heterocycles. The number of benzene rings is 2. The number of rotatable bonds is 7. The maximum Gasteiger partial charge on any atom is 0.253 e. The minimum absolute atomic E-state index is 0.0431. The second-order valence-corrected chi connectivity index (χ2v) is 8.39. The van der Waals surface area contributed by atoms with E-state index in [9.17, 15) is 14.4 Å². The SMILES string of the molecule is CC(C)NC(=O)c1ccc(NC(=O)CNc2cccc(C(=O)N3CCCCCC3)c2)cc1. The van der Waals surface area contributed by atoms with Crippen molar-refractivity contribution in [3.8, 4) is 0 Å². The number of likely N-dealkylation sites (tertiary alicyclic amines) is 1. The minimum Gasteiger partial charge on any atom is -0.376 e. The normalized spacial score (nSPS) is 13.9. The second kappa shape index (κ2) is 11.3. The molecule has 0 aromatic heterocycles. The van der Waals surface area contributed by atoms with E-state index in [1.165, 1.54) is 12.8 Å². The summed E-state index contributed by atoms with van der Waals surface area (Å²) in [5.41, 5.74) is 2.51. The third kappa shape index (κ3) is 6.83. The highest BCUT2D eigenvalue weighted by Crippen LogP contribution is 2.16. The molecule has 1 aliphatic rings. The smallest absolute Gasteiger partial charge is 0.253 e. The molecule has 3 amide bonds. The van der Waals surface area contributed by atoms with Crippen LogP contribution in [0, 0.1) is 0 Å². The van der Waals surface area contributed by atoms with Crippen molar-refractivity contribution >= 4 is 29.1 Å². The van der Waals surface area contributed by atoms with Crippen LogP contribution in [-0.4, -0.2) is 48.3 Å². The summed E-state index contributed by atoms with van der Waals surface area (Å²) >= 11 is 0. The van der Waals surface area contributed by atoms with E-state index in [-0.39, 0.29) is 30.3 Å². The van der Waals surface area contributed by atoms with Crippen molar-refractivity contribution in [2.24, 2.45) is 0 Å². The molecule has 0 aliphatic carbocycles. The van der Waals surface area contributed by atoms with Gasteiger partial charge in [0.1, 0.15) is 0 Å². The highest BCUT2D eigenvalue weighted by atomic mass is 16.2. The van der Waals surface area contributed by atoms with Gasteiger partial charge in [0.05, 0.1) is 6.54 Å². The number of hydrogen-bond donors (Lipinski definition) is 3. The summed E-state index contributed by atoms with van der Waals surface area (Å²) in [7, 11) is 0. The predicted octanol–water partition coefficient (Wildman–Crippen LogP) is 3.89. The van der Waals surface area contributed by atoms with E-state index < -0.39 is 0 Å². The fraction of sp³-hybridized carbons (Fsp3) is 0.400. The van der Waals surface area contributed by atoms with Gasteiger partial charge in [-0.1, -0.05) is 18.9 Å². The molecular formula is C25H32N4O3. The number of anilines is 2. The van der Waals surface area contributed by atoms with Crippen molar-refractivity contribution in [1.29, 1.82) is 0 Å². The van der Waals surface area contributed by atoms with Crippen molar-refractivity contribution in [2.45, 2.75) is 45.6 Å². The zero-order valence-corrected chi connectivity index (χ0v) is 18.8. The summed E-state index contributed by atoms with van der Waals surface area (Å²) in [6.45, 7) is 5.48. The van der Waals surface area contributed by atoms with Gasteiger partial charge < -0.3 is 20.9 Å². The van der Waals surface area contributed by atoms with Crippen LogP contribution < -0.4 is 16.0 Å². The van der Waals surface area contributed by atoms with Crippen LogP contribution in [0.3, 0.4) is 0 Å². The van der Waals surface area contributed by atoms with E-state index in [1.54, 1.807) is 30.3 Å². The van der Waals surface area contributed by atoms with E-state index in [2.05, 4.69) is 16.0 Å². The number of nitrogens with one attached hydrogen (secondary N) is 3. The summed E-state index contributed by atoms with van der Waals surface area (Å²) in [4.78, 5) is 39.1. The third-order valence-electron chi connectivity index (χ3n) is 5.31. The molecule has 1 saturated heterocycles. The van der Waals surface area contributed by atoms with Crippen LogP contribution in [-0.2, 0) is 4.79 Å². The highest BCUT2D eigenvalue weighted by molar-refractivity contribution is 5.97. The third-order valence-corrected chi connectivity index (χ3v) is 5.31. The lowest BCUT2D eigenvalue weighted by Crippen LogP contribution is -2.31. The molecular weight excluding hydrogens is 404 g/mol. The van der Waals surface area contributed by atoms with Crippen LogP contribution in [0.5, 0.6) is 0 Å². The van der Waals surface area contributed by atoms with Gasteiger partial charge in [-0.15, -0.1) is 0 Å². The standard InChI is InChI=1S/C25H32N4O3/c1-18(2)27-24(31)19-10-12-21(13-11-19)28-23(30)17-26-22-9-7-8-20(16-22)25(32)29-14-5-3-4-6-15-29/h7-13,16,18,26H,3-6,14-15,17H2,1-2H3,(H,27,31)(H,28,30).